The van der Waals surface area contributed by atoms with Crippen LogP contribution in [0, 0.1) is 0 Å². The van der Waals surface area contributed by atoms with Crippen molar-refractivity contribution in [2.75, 3.05) is 44.7 Å². The van der Waals surface area contributed by atoms with E-state index in [-0.39, 0.29) is 31.0 Å². The summed E-state index contributed by atoms with van der Waals surface area (Å²) in [4.78, 5) is 33.7. The van der Waals surface area contributed by atoms with Crippen molar-refractivity contribution in [2.24, 2.45) is 7.05 Å². The second-order valence-corrected chi connectivity index (χ2v) is 8.34. The lowest BCUT2D eigenvalue weighted by atomic mass is 10.1. The van der Waals surface area contributed by atoms with Gasteiger partial charge in [-0.25, -0.2) is 9.67 Å². The molecule has 3 aromatic rings. The third-order valence-electron chi connectivity index (χ3n) is 6.06. The molecule has 0 spiro atoms. The van der Waals surface area contributed by atoms with Gasteiger partial charge in [0.05, 0.1) is 18.3 Å². The summed E-state index contributed by atoms with van der Waals surface area (Å²) >= 11 is 0. The van der Waals surface area contributed by atoms with Gasteiger partial charge in [-0.3, -0.25) is 14.5 Å². The Bertz CT molecular complexity index is 1180. The minimum atomic E-state index is -0.126. The van der Waals surface area contributed by atoms with E-state index in [0.717, 1.165) is 5.56 Å². The Balaban J connectivity index is 1.28. The van der Waals surface area contributed by atoms with Crippen molar-refractivity contribution >= 4 is 17.5 Å². The number of fused-ring (bicyclic) bond motifs is 2. The molecule has 10 nitrogen and oxygen atoms in total. The van der Waals surface area contributed by atoms with E-state index in [1.165, 1.54) is 6.33 Å². The molecule has 2 amide bonds. The molecule has 2 aliphatic rings. The van der Waals surface area contributed by atoms with Gasteiger partial charge >= 0.3 is 0 Å². The number of nitrogens with zero attached hydrogens (tertiary/aromatic N) is 5. The van der Waals surface area contributed by atoms with Crippen LogP contribution in [0.5, 0.6) is 11.5 Å². The van der Waals surface area contributed by atoms with Crippen LogP contribution >= 0.6 is 0 Å². The monoisotopic (exact) mass is 462 g/mol. The van der Waals surface area contributed by atoms with Crippen LogP contribution in [-0.2, 0) is 16.6 Å². The summed E-state index contributed by atoms with van der Waals surface area (Å²) in [6.07, 6.45) is 1.49. The zero-order chi connectivity index (χ0) is 23.5. The summed E-state index contributed by atoms with van der Waals surface area (Å²) in [5.41, 5.74) is 1.42. The smallest absolute Gasteiger partial charge is 0.260 e. The van der Waals surface area contributed by atoms with Crippen molar-refractivity contribution in [1.82, 2.24) is 24.6 Å². The van der Waals surface area contributed by atoms with E-state index in [9.17, 15) is 9.59 Å². The number of rotatable bonds is 4. The molecular weight excluding hydrogens is 436 g/mol. The third kappa shape index (κ3) is 4.72. The number of amides is 2. The van der Waals surface area contributed by atoms with Crippen LogP contribution in [0.3, 0.4) is 0 Å². The van der Waals surface area contributed by atoms with E-state index in [1.807, 2.05) is 55.6 Å². The van der Waals surface area contributed by atoms with Gasteiger partial charge in [-0.05, 0) is 30.3 Å². The molecule has 1 N–H and O–H groups in total. The number of hydrogen-bond donors (Lipinski definition) is 1. The Morgan fingerprint density at radius 2 is 2.06 bits per heavy atom. The Morgan fingerprint density at radius 1 is 1.21 bits per heavy atom. The first-order valence-electron chi connectivity index (χ1n) is 11.2. The largest absolute Gasteiger partial charge is 0.490 e. The molecule has 1 atom stereocenters. The van der Waals surface area contributed by atoms with Crippen molar-refractivity contribution < 1.29 is 19.1 Å². The molecule has 5 rings (SSSR count). The van der Waals surface area contributed by atoms with Gasteiger partial charge in [-0.1, -0.05) is 18.2 Å². The summed E-state index contributed by atoms with van der Waals surface area (Å²) in [6, 6.07) is 14.7. The second-order valence-electron chi connectivity index (χ2n) is 8.34. The standard InChI is InChI=1S/C24H26N6O4/c1-28-24(25-16-26-28)17-7-8-21-20(11-17)27-22(31)13-29-9-10-30(12-18(29)14-34-21)23(32)15-33-19-5-3-2-4-6-19/h2-8,11,16,18H,9-10,12-15H2,1H3,(H,27,31)/t18-/m1/s1. The number of ether oxygens (including phenoxy) is 2. The summed E-state index contributed by atoms with van der Waals surface area (Å²) < 4.78 is 13.4. The molecule has 0 aliphatic carbocycles. The first-order valence-corrected chi connectivity index (χ1v) is 11.2. The SMILES string of the molecule is Cn1ncnc1-c1ccc2c(c1)NC(=O)CN1CCN(C(=O)COc3ccccc3)C[C@@H]1CO2. The number of hydrogen-bond acceptors (Lipinski definition) is 7. The van der Waals surface area contributed by atoms with Gasteiger partial charge in [-0.15, -0.1) is 0 Å². The van der Waals surface area contributed by atoms with Crippen LogP contribution in [0.4, 0.5) is 5.69 Å². The minimum Gasteiger partial charge on any atom is -0.490 e. The zero-order valence-electron chi connectivity index (χ0n) is 18.9. The lowest BCUT2D eigenvalue weighted by molar-refractivity contribution is -0.137. The number of aromatic nitrogens is 3. The fourth-order valence-electron chi connectivity index (χ4n) is 4.25. The summed E-state index contributed by atoms with van der Waals surface area (Å²) in [5, 5.41) is 7.07. The van der Waals surface area contributed by atoms with Crippen molar-refractivity contribution in [3.8, 4) is 22.9 Å². The van der Waals surface area contributed by atoms with E-state index < -0.39 is 0 Å². The van der Waals surface area contributed by atoms with Gasteiger partial charge in [0.2, 0.25) is 5.91 Å². The number of aryl methyl sites for hydroxylation is 1. The van der Waals surface area contributed by atoms with Crippen molar-refractivity contribution in [2.45, 2.75) is 6.04 Å². The lowest BCUT2D eigenvalue weighted by Crippen LogP contribution is -2.58. The summed E-state index contributed by atoms with van der Waals surface area (Å²) in [7, 11) is 1.81. The number of nitrogens with one attached hydrogen (secondary N) is 1. The molecule has 34 heavy (non-hydrogen) atoms. The maximum Gasteiger partial charge on any atom is 0.260 e. The topological polar surface area (TPSA) is 102 Å². The number of para-hydroxylation sites is 1. The summed E-state index contributed by atoms with van der Waals surface area (Å²) in [6.45, 7) is 2.14. The van der Waals surface area contributed by atoms with Gasteiger partial charge in [-0.2, -0.15) is 5.10 Å². The summed E-state index contributed by atoms with van der Waals surface area (Å²) in [5.74, 6) is 1.73. The zero-order valence-corrected chi connectivity index (χ0v) is 18.9. The van der Waals surface area contributed by atoms with Crippen LogP contribution in [-0.4, -0.2) is 81.8 Å². The fraction of sp³-hybridized carbons (Fsp3) is 0.333. The van der Waals surface area contributed by atoms with Crippen LogP contribution in [0.2, 0.25) is 0 Å². The van der Waals surface area contributed by atoms with E-state index >= 15 is 0 Å². The minimum absolute atomic E-state index is 0.0221. The Morgan fingerprint density at radius 3 is 2.85 bits per heavy atom. The van der Waals surface area contributed by atoms with Crippen molar-refractivity contribution in [3.63, 3.8) is 0 Å². The van der Waals surface area contributed by atoms with Crippen molar-refractivity contribution in [1.29, 1.82) is 0 Å². The van der Waals surface area contributed by atoms with Gasteiger partial charge in [0.25, 0.3) is 5.91 Å². The molecule has 0 unspecified atom stereocenters. The Kier molecular flexibility index (Phi) is 6.13. The van der Waals surface area contributed by atoms with Crippen LogP contribution < -0.4 is 14.8 Å². The van der Waals surface area contributed by atoms with Crippen LogP contribution in [0.1, 0.15) is 0 Å². The highest BCUT2D eigenvalue weighted by Crippen LogP contribution is 2.31. The molecule has 3 heterocycles. The van der Waals surface area contributed by atoms with Crippen LogP contribution in [0.15, 0.2) is 54.9 Å². The maximum atomic E-state index is 12.8. The van der Waals surface area contributed by atoms with Gasteiger partial charge in [0, 0.05) is 32.2 Å². The molecule has 0 bridgehead atoms. The highest BCUT2D eigenvalue weighted by atomic mass is 16.5. The fourth-order valence-corrected chi connectivity index (χ4v) is 4.25. The number of anilines is 1. The van der Waals surface area contributed by atoms with Gasteiger partial charge < -0.3 is 19.7 Å². The quantitative estimate of drug-likeness (QED) is 0.625. The molecule has 176 valence electrons. The second kappa shape index (κ2) is 9.52. The molecule has 0 saturated carbocycles. The van der Waals surface area contributed by atoms with E-state index in [4.69, 9.17) is 9.47 Å². The van der Waals surface area contributed by atoms with E-state index in [1.54, 1.807) is 9.58 Å². The number of carbonyl (C=O) groups excluding carboxylic acids is 2. The number of piperazine rings is 1. The van der Waals surface area contributed by atoms with Crippen molar-refractivity contribution in [3.05, 3.63) is 54.9 Å². The lowest BCUT2D eigenvalue weighted by Gasteiger charge is -2.40. The predicted molar refractivity (Wildman–Crippen MR) is 124 cm³/mol. The highest BCUT2D eigenvalue weighted by Gasteiger charge is 2.32. The molecule has 1 saturated heterocycles. The van der Waals surface area contributed by atoms with Gasteiger partial charge in [0.1, 0.15) is 24.4 Å². The average molecular weight is 463 g/mol. The molecular formula is C24H26N6O4. The van der Waals surface area contributed by atoms with E-state index in [0.29, 0.717) is 49.3 Å². The van der Waals surface area contributed by atoms with Crippen LogP contribution in [0.25, 0.3) is 11.4 Å². The Hall–Kier alpha value is -3.92. The number of carbonyl (C=O) groups is 2. The molecule has 1 aromatic heterocycles. The van der Waals surface area contributed by atoms with Gasteiger partial charge in [0.15, 0.2) is 12.4 Å². The maximum absolute atomic E-state index is 12.8. The molecule has 1 fully saturated rings. The first kappa shape index (κ1) is 21.9. The molecule has 0 radical (unpaired) electrons. The molecule has 10 heteroatoms. The molecule has 2 aromatic carbocycles. The average Bonchev–Trinajstić information content (AvgIpc) is 3.30. The highest BCUT2D eigenvalue weighted by molar-refractivity contribution is 5.94. The number of benzene rings is 2. The molecule has 2 aliphatic heterocycles. The first-order chi connectivity index (χ1) is 16.6. The third-order valence-corrected chi connectivity index (χ3v) is 6.06. The normalized spacial score (nSPS) is 18.4. The van der Waals surface area contributed by atoms with E-state index in [2.05, 4.69) is 20.3 Å². The predicted octanol–water partition coefficient (Wildman–Crippen LogP) is 1.40. The Labute approximate surface area is 197 Å².